The summed E-state index contributed by atoms with van der Waals surface area (Å²) in [6.45, 7) is 1.84. The van der Waals surface area contributed by atoms with Gasteiger partial charge in [0.05, 0.1) is 4.92 Å². The maximum absolute atomic E-state index is 11.0. The molecule has 19 heavy (non-hydrogen) atoms. The Morgan fingerprint density at radius 2 is 2.05 bits per heavy atom. The van der Waals surface area contributed by atoms with Crippen LogP contribution in [-0.4, -0.2) is 11.0 Å². The monoisotopic (exact) mass is 262 g/mol. The lowest BCUT2D eigenvalue weighted by molar-refractivity contribution is -0.385. The zero-order valence-electron chi connectivity index (χ0n) is 11.5. The summed E-state index contributed by atoms with van der Waals surface area (Å²) < 4.78 is 0. The molecule has 2 N–H and O–H groups in total. The standard InChI is InChI=1S/C15H22N2O2/c1-11-12(7-5-9-15(11)17(18)19)10-13-6-3-2-4-8-14(13)16/h5,7,9,13-14H,2-4,6,8,10,16H2,1H3. The summed E-state index contributed by atoms with van der Waals surface area (Å²) in [6, 6.07) is 5.59. The van der Waals surface area contributed by atoms with Gasteiger partial charge in [0, 0.05) is 17.7 Å². The van der Waals surface area contributed by atoms with Gasteiger partial charge in [-0.05, 0) is 37.7 Å². The highest BCUT2D eigenvalue weighted by Gasteiger charge is 2.22. The van der Waals surface area contributed by atoms with Gasteiger partial charge in [-0.1, -0.05) is 31.4 Å². The van der Waals surface area contributed by atoms with E-state index in [1.165, 1.54) is 19.3 Å². The largest absolute Gasteiger partial charge is 0.327 e. The second-order valence-corrected chi connectivity index (χ2v) is 5.58. The van der Waals surface area contributed by atoms with Crippen molar-refractivity contribution in [2.45, 2.75) is 51.5 Å². The van der Waals surface area contributed by atoms with Gasteiger partial charge in [0.25, 0.3) is 5.69 Å². The minimum Gasteiger partial charge on any atom is -0.327 e. The average Bonchev–Trinajstić information content (AvgIpc) is 2.57. The number of nitro groups is 1. The van der Waals surface area contributed by atoms with Crippen molar-refractivity contribution in [1.82, 2.24) is 0 Å². The SMILES string of the molecule is Cc1c(CC2CCCCCC2N)cccc1[N+](=O)[O-]. The zero-order chi connectivity index (χ0) is 13.8. The fourth-order valence-electron chi connectivity index (χ4n) is 3.04. The van der Waals surface area contributed by atoms with Crippen molar-refractivity contribution in [1.29, 1.82) is 0 Å². The van der Waals surface area contributed by atoms with Gasteiger partial charge in [-0.3, -0.25) is 10.1 Å². The normalized spacial score (nSPS) is 23.9. The van der Waals surface area contributed by atoms with Gasteiger partial charge in [0.15, 0.2) is 0 Å². The van der Waals surface area contributed by atoms with E-state index in [0.717, 1.165) is 30.4 Å². The van der Waals surface area contributed by atoms with E-state index >= 15 is 0 Å². The molecule has 1 aliphatic rings. The first-order valence-corrected chi connectivity index (χ1v) is 7.08. The van der Waals surface area contributed by atoms with Crippen LogP contribution in [0.1, 0.15) is 43.2 Å². The van der Waals surface area contributed by atoms with Crippen molar-refractivity contribution in [2.24, 2.45) is 11.7 Å². The summed E-state index contributed by atoms with van der Waals surface area (Å²) >= 11 is 0. The highest BCUT2D eigenvalue weighted by atomic mass is 16.6. The summed E-state index contributed by atoms with van der Waals surface area (Å²) in [5.41, 5.74) is 8.34. The van der Waals surface area contributed by atoms with Crippen LogP contribution in [0.3, 0.4) is 0 Å². The van der Waals surface area contributed by atoms with Crippen LogP contribution in [0.4, 0.5) is 5.69 Å². The second kappa shape index (κ2) is 6.15. The Morgan fingerprint density at radius 3 is 2.79 bits per heavy atom. The van der Waals surface area contributed by atoms with Crippen molar-refractivity contribution in [3.8, 4) is 0 Å². The summed E-state index contributed by atoms with van der Waals surface area (Å²) in [7, 11) is 0. The molecule has 1 fully saturated rings. The van der Waals surface area contributed by atoms with Crippen LogP contribution < -0.4 is 5.73 Å². The van der Waals surface area contributed by atoms with Crippen LogP contribution in [0.15, 0.2) is 18.2 Å². The number of rotatable bonds is 3. The first kappa shape index (κ1) is 14.0. The minimum absolute atomic E-state index is 0.222. The average molecular weight is 262 g/mol. The number of nitro benzene ring substituents is 1. The molecule has 104 valence electrons. The first-order chi connectivity index (χ1) is 9.09. The van der Waals surface area contributed by atoms with Gasteiger partial charge in [0.1, 0.15) is 0 Å². The lowest BCUT2D eigenvalue weighted by Crippen LogP contribution is -2.30. The van der Waals surface area contributed by atoms with Crippen LogP contribution in [0, 0.1) is 23.0 Å². The number of hydrogen-bond acceptors (Lipinski definition) is 3. The number of hydrogen-bond donors (Lipinski definition) is 1. The molecule has 1 aliphatic carbocycles. The fourth-order valence-corrected chi connectivity index (χ4v) is 3.04. The molecule has 0 saturated heterocycles. The zero-order valence-corrected chi connectivity index (χ0v) is 11.5. The van der Waals surface area contributed by atoms with E-state index in [-0.39, 0.29) is 16.7 Å². The maximum atomic E-state index is 11.0. The Labute approximate surface area is 114 Å². The molecular weight excluding hydrogens is 240 g/mol. The molecule has 4 heteroatoms. The molecule has 2 unspecified atom stereocenters. The Kier molecular flexibility index (Phi) is 4.53. The number of benzene rings is 1. The first-order valence-electron chi connectivity index (χ1n) is 7.08. The van der Waals surface area contributed by atoms with E-state index in [2.05, 4.69) is 0 Å². The van der Waals surface area contributed by atoms with Gasteiger partial charge in [0.2, 0.25) is 0 Å². The third-order valence-electron chi connectivity index (χ3n) is 4.31. The molecule has 0 heterocycles. The van der Waals surface area contributed by atoms with Crippen LogP contribution in [0.5, 0.6) is 0 Å². The summed E-state index contributed by atoms with van der Waals surface area (Å²) in [5.74, 6) is 0.461. The van der Waals surface area contributed by atoms with Gasteiger partial charge >= 0.3 is 0 Å². The van der Waals surface area contributed by atoms with E-state index in [1.807, 2.05) is 13.0 Å². The molecule has 0 amide bonds. The second-order valence-electron chi connectivity index (χ2n) is 5.58. The third kappa shape index (κ3) is 3.32. The smallest absolute Gasteiger partial charge is 0.272 e. The van der Waals surface area contributed by atoms with Crippen molar-refractivity contribution < 1.29 is 4.92 Å². The molecule has 1 aromatic carbocycles. The molecule has 2 rings (SSSR count). The van der Waals surface area contributed by atoms with Gasteiger partial charge in [-0.2, -0.15) is 0 Å². The molecule has 0 radical (unpaired) electrons. The van der Waals surface area contributed by atoms with E-state index in [0.29, 0.717) is 5.92 Å². The van der Waals surface area contributed by atoms with Crippen LogP contribution >= 0.6 is 0 Å². The van der Waals surface area contributed by atoms with Crippen LogP contribution in [0.25, 0.3) is 0 Å². The number of nitrogens with two attached hydrogens (primary N) is 1. The highest BCUT2D eigenvalue weighted by molar-refractivity contribution is 5.44. The van der Waals surface area contributed by atoms with E-state index < -0.39 is 0 Å². The molecule has 0 aliphatic heterocycles. The fraction of sp³-hybridized carbons (Fsp3) is 0.600. The summed E-state index contributed by atoms with van der Waals surface area (Å²) in [6.07, 6.45) is 6.80. The van der Waals surface area contributed by atoms with Crippen molar-refractivity contribution in [2.75, 3.05) is 0 Å². The van der Waals surface area contributed by atoms with Crippen molar-refractivity contribution in [3.05, 3.63) is 39.4 Å². The molecule has 0 aromatic heterocycles. The quantitative estimate of drug-likeness (QED) is 0.516. The van der Waals surface area contributed by atoms with Crippen LogP contribution in [-0.2, 0) is 6.42 Å². The Bertz CT molecular complexity index is 459. The lowest BCUT2D eigenvalue weighted by Gasteiger charge is -2.22. The van der Waals surface area contributed by atoms with E-state index in [9.17, 15) is 10.1 Å². The van der Waals surface area contributed by atoms with Crippen molar-refractivity contribution in [3.63, 3.8) is 0 Å². The van der Waals surface area contributed by atoms with Crippen molar-refractivity contribution >= 4 is 5.69 Å². The molecule has 0 spiro atoms. The Hall–Kier alpha value is -1.42. The number of nitrogens with zero attached hydrogens (tertiary/aromatic N) is 1. The topological polar surface area (TPSA) is 69.2 Å². The predicted octanol–water partition coefficient (Wildman–Crippen LogP) is 3.35. The third-order valence-corrected chi connectivity index (χ3v) is 4.31. The van der Waals surface area contributed by atoms with Gasteiger partial charge in [-0.25, -0.2) is 0 Å². The van der Waals surface area contributed by atoms with E-state index in [1.54, 1.807) is 12.1 Å². The molecule has 1 saturated carbocycles. The Balaban J connectivity index is 2.18. The predicted molar refractivity (Wildman–Crippen MR) is 76.1 cm³/mol. The molecule has 4 nitrogen and oxygen atoms in total. The summed E-state index contributed by atoms with van der Waals surface area (Å²) in [4.78, 5) is 10.7. The minimum atomic E-state index is -0.300. The van der Waals surface area contributed by atoms with Gasteiger partial charge < -0.3 is 5.73 Å². The van der Waals surface area contributed by atoms with E-state index in [4.69, 9.17) is 5.73 Å². The molecule has 2 atom stereocenters. The van der Waals surface area contributed by atoms with Gasteiger partial charge in [-0.15, -0.1) is 0 Å². The molecular formula is C15H22N2O2. The lowest BCUT2D eigenvalue weighted by atomic mass is 9.87. The maximum Gasteiger partial charge on any atom is 0.272 e. The summed E-state index contributed by atoms with van der Waals surface area (Å²) in [5, 5.41) is 11.0. The highest BCUT2D eigenvalue weighted by Crippen LogP contribution is 2.29. The van der Waals surface area contributed by atoms with Crippen LogP contribution in [0.2, 0.25) is 0 Å². The molecule has 0 bridgehead atoms. The Morgan fingerprint density at radius 1 is 1.32 bits per heavy atom. The molecule has 1 aromatic rings.